The quantitative estimate of drug-likeness (QED) is 0.362. The van der Waals surface area contributed by atoms with Crippen molar-refractivity contribution >= 4 is 49.2 Å². The highest BCUT2D eigenvalue weighted by Crippen LogP contribution is 2.37. The molecule has 32 heavy (non-hydrogen) atoms. The van der Waals surface area contributed by atoms with Gasteiger partial charge in [-0.3, -0.25) is 0 Å². The standard InChI is InChI=1S/C21H21FN2O5S3/c1-2-29-21(25)20-15(19-16(22)4-3-5-17(19)31-20)13-30-18-7-6-14(12-23-18)32(26,27)24-8-10-28-11-9-24/h3-7,12H,2,8-11,13H2,1H3. The Morgan fingerprint density at radius 1 is 1.28 bits per heavy atom. The summed E-state index contributed by atoms with van der Waals surface area (Å²) >= 11 is 2.50. The molecule has 0 spiro atoms. The van der Waals surface area contributed by atoms with Gasteiger partial charge in [0.05, 0.1) is 24.8 Å². The number of hydrogen-bond acceptors (Lipinski definition) is 8. The molecule has 3 heterocycles. The number of esters is 1. The van der Waals surface area contributed by atoms with Crippen LogP contribution in [0, 0.1) is 5.82 Å². The molecular weight excluding hydrogens is 475 g/mol. The lowest BCUT2D eigenvalue weighted by molar-refractivity contribution is 0.0531. The number of sulfonamides is 1. The predicted octanol–water partition coefficient (Wildman–Crippen LogP) is 3.93. The average Bonchev–Trinajstić information content (AvgIpc) is 3.19. The topological polar surface area (TPSA) is 85.8 Å². The first-order chi connectivity index (χ1) is 15.4. The molecule has 1 aliphatic heterocycles. The summed E-state index contributed by atoms with van der Waals surface area (Å²) in [6.45, 7) is 3.31. The van der Waals surface area contributed by atoms with Gasteiger partial charge in [-0.2, -0.15) is 4.31 Å². The van der Waals surface area contributed by atoms with Crippen molar-refractivity contribution in [3.05, 3.63) is 52.8 Å². The molecule has 1 fully saturated rings. The number of thiophene rings is 1. The van der Waals surface area contributed by atoms with E-state index in [1.165, 1.54) is 45.7 Å². The summed E-state index contributed by atoms with van der Waals surface area (Å²) in [7, 11) is -3.62. The fraction of sp³-hybridized carbons (Fsp3) is 0.333. The summed E-state index contributed by atoms with van der Waals surface area (Å²) in [4.78, 5) is 17.2. The average molecular weight is 497 g/mol. The Bertz CT molecular complexity index is 1220. The highest BCUT2D eigenvalue weighted by molar-refractivity contribution is 7.98. The van der Waals surface area contributed by atoms with Crippen molar-refractivity contribution in [2.45, 2.75) is 22.6 Å². The number of carbonyl (C=O) groups excluding carboxylic acids is 1. The highest BCUT2D eigenvalue weighted by atomic mass is 32.2. The van der Waals surface area contributed by atoms with Gasteiger partial charge in [-0.15, -0.1) is 23.1 Å². The first-order valence-electron chi connectivity index (χ1n) is 9.95. The van der Waals surface area contributed by atoms with Gasteiger partial charge in [0.2, 0.25) is 10.0 Å². The lowest BCUT2D eigenvalue weighted by Crippen LogP contribution is -2.40. The van der Waals surface area contributed by atoms with E-state index < -0.39 is 21.8 Å². The van der Waals surface area contributed by atoms with Gasteiger partial charge in [-0.25, -0.2) is 22.6 Å². The molecule has 1 aromatic carbocycles. The van der Waals surface area contributed by atoms with Crippen molar-refractivity contribution in [1.29, 1.82) is 0 Å². The van der Waals surface area contributed by atoms with Crippen molar-refractivity contribution < 1.29 is 27.1 Å². The second-order valence-electron chi connectivity index (χ2n) is 6.88. The minimum atomic E-state index is -3.62. The van der Waals surface area contributed by atoms with Crippen LogP contribution < -0.4 is 0 Å². The number of aromatic nitrogens is 1. The van der Waals surface area contributed by atoms with Crippen LogP contribution in [-0.2, 0) is 25.2 Å². The number of nitrogens with zero attached hydrogens (tertiary/aromatic N) is 2. The third-order valence-electron chi connectivity index (χ3n) is 4.91. The second kappa shape index (κ2) is 9.84. The van der Waals surface area contributed by atoms with Crippen molar-refractivity contribution in [1.82, 2.24) is 9.29 Å². The summed E-state index contributed by atoms with van der Waals surface area (Å²) in [5.41, 5.74) is 0.554. The Labute approximate surface area is 193 Å². The molecule has 1 saturated heterocycles. The number of hydrogen-bond donors (Lipinski definition) is 0. The van der Waals surface area contributed by atoms with E-state index >= 15 is 0 Å². The Morgan fingerprint density at radius 3 is 2.75 bits per heavy atom. The number of halogens is 1. The Balaban J connectivity index is 1.56. The van der Waals surface area contributed by atoms with Crippen LogP contribution in [0.1, 0.15) is 22.2 Å². The summed E-state index contributed by atoms with van der Waals surface area (Å²) < 4.78 is 52.4. The van der Waals surface area contributed by atoms with E-state index in [0.717, 1.165) is 0 Å². The number of fused-ring (bicyclic) bond motifs is 1. The number of morpholine rings is 1. The first-order valence-corrected chi connectivity index (χ1v) is 13.2. The molecule has 2 aromatic heterocycles. The number of thioether (sulfide) groups is 1. The van der Waals surface area contributed by atoms with Gasteiger partial charge in [0.1, 0.15) is 15.6 Å². The molecule has 7 nitrogen and oxygen atoms in total. The van der Waals surface area contributed by atoms with E-state index in [-0.39, 0.29) is 17.3 Å². The summed E-state index contributed by atoms with van der Waals surface area (Å²) in [6.07, 6.45) is 1.33. The Hall–Kier alpha value is -2.05. The largest absolute Gasteiger partial charge is 0.462 e. The van der Waals surface area contributed by atoms with Gasteiger partial charge >= 0.3 is 5.97 Å². The van der Waals surface area contributed by atoms with Crippen LogP contribution in [0.2, 0.25) is 0 Å². The van der Waals surface area contributed by atoms with Crippen LogP contribution in [0.4, 0.5) is 4.39 Å². The van der Waals surface area contributed by atoms with Crippen LogP contribution in [0.15, 0.2) is 46.5 Å². The van der Waals surface area contributed by atoms with Gasteiger partial charge < -0.3 is 9.47 Å². The molecule has 3 aromatic rings. The minimum Gasteiger partial charge on any atom is -0.462 e. The predicted molar refractivity (Wildman–Crippen MR) is 121 cm³/mol. The van der Waals surface area contributed by atoms with Crippen LogP contribution >= 0.6 is 23.1 Å². The molecule has 0 bridgehead atoms. The molecule has 0 atom stereocenters. The van der Waals surface area contributed by atoms with E-state index in [1.54, 1.807) is 25.1 Å². The van der Waals surface area contributed by atoms with Gasteiger partial charge in [-0.05, 0) is 36.8 Å². The number of ether oxygens (including phenoxy) is 2. The molecule has 11 heteroatoms. The SMILES string of the molecule is CCOC(=O)c1sc2cccc(F)c2c1CSc1ccc(S(=O)(=O)N2CCOCC2)cn1. The van der Waals surface area contributed by atoms with Crippen molar-refractivity contribution in [3.63, 3.8) is 0 Å². The van der Waals surface area contributed by atoms with E-state index in [1.807, 2.05) is 0 Å². The fourth-order valence-electron chi connectivity index (χ4n) is 3.35. The Kier molecular flexibility index (Phi) is 7.11. The number of benzene rings is 1. The molecule has 170 valence electrons. The molecule has 0 unspecified atom stereocenters. The van der Waals surface area contributed by atoms with Gasteiger partial charge in [0.25, 0.3) is 0 Å². The highest BCUT2D eigenvalue weighted by Gasteiger charge is 2.27. The molecule has 0 N–H and O–H groups in total. The fourth-order valence-corrected chi connectivity index (χ4v) is 6.80. The lowest BCUT2D eigenvalue weighted by atomic mass is 10.1. The number of rotatable bonds is 7. The van der Waals surface area contributed by atoms with Gasteiger partial charge in [-0.1, -0.05) is 6.07 Å². The molecule has 0 amide bonds. The smallest absolute Gasteiger partial charge is 0.348 e. The summed E-state index contributed by atoms with van der Waals surface area (Å²) in [6, 6.07) is 7.87. The van der Waals surface area contributed by atoms with E-state index in [4.69, 9.17) is 9.47 Å². The van der Waals surface area contributed by atoms with Crippen molar-refractivity contribution in [2.24, 2.45) is 0 Å². The normalized spacial score (nSPS) is 15.2. The zero-order chi connectivity index (χ0) is 22.7. The monoisotopic (exact) mass is 496 g/mol. The van der Waals surface area contributed by atoms with Crippen molar-refractivity contribution in [2.75, 3.05) is 32.9 Å². The summed E-state index contributed by atoms with van der Waals surface area (Å²) in [5.74, 6) is -0.592. The van der Waals surface area contributed by atoms with Crippen molar-refractivity contribution in [3.8, 4) is 0 Å². The van der Waals surface area contributed by atoms with Crippen LogP contribution in [-0.4, -0.2) is 56.6 Å². The first kappa shape index (κ1) is 23.1. The maximum Gasteiger partial charge on any atom is 0.348 e. The van der Waals surface area contributed by atoms with E-state index in [2.05, 4.69) is 4.98 Å². The van der Waals surface area contributed by atoms with Crippen LogP contribution in [0.3, 0.4) is 0 Å². The molecule has 0 aliphatic carbocycles. The van der Waals surface area contributed by atoms with Crippen LogP contribution in [0.5, 0.6) is 0 Å². The molecule has 4 rings (SSSR count). The Morgan fingerprint density at radius 2 is 2.06 bits per heavy atom. The second-order valence-corrected chi connectivity index (χ2v) is 10.9. The van der Waals surface area contributed by atoms with E-state index in [0.29, 0.717) is 51.9 Å². The zero-order valence-corrected chi connectivity index (χ0v) is 19.7. The number of carbonyl (C=O) groups is 1. The zero-order valence-electron chi connectivity index (χ0n) is 17.2. The molecule has 0 radical (unpaired) electrons. The molecule has 1 aliphatic rings. The number of pyridine rings is 1. The summed E-state index contributed by atoms with van der Waals surface area (Å²) in [5, 5.41) is 0.969. The third-order valence-corrected chi connectivity index (χ3v) is 8.94. The van der Waals surface area contributed by atoms with E-state index in [9.17, 15) is 17.6 Å². The minimum absolute atomic E-state index is 0.114. The third kappa shape index (κ3) is 4.67. The maximum absolute atomic E-state index is 14.5. The lowest BCUT2D eigenvalue weighted by Gasteiger charge is -2.25. The molecular formula is C21H21FN2O5S3. The van der Waals surface area contributed by atoms with Gasteiger partial charge in [0.15, 0.2) is 0 Å². The van der Waals surface area contributed by atoms with Gasteiger partial charge in [0, 0.05) is 35.1 Å². The molecule has 0 saturated carbocycles. The van der Waals surface area contributed by atoms with Crippen LogP contribution in [0.25, 0.3) is 10.1 Å². The maximum atomic E-state index is 14.5.